The Labute approximate surface area is 367 Å². The predicted molar refractivity (Wildman–Crippen MR) is 262 cm³/mol. The van der Waals surface area contributed by atoms with Crippen LogP contribution in [-0.2, 0) is 5.41 Å². The summed E-state index contributed by atoms with van der Waals surface area (Å²) in [6.07, 6.45) is 0. The molecular weight excluding hydrogens is 763 g/mol. The van der Waals surface area contributed by atoms with Gasteiger partial charge in [0.1, 0.15) is 11.2 Å². The number of para-hydroxylation sites is 1. The Morgan fingerprint density at radius 3 is 1.46 bits per heavy atom. The number of fused-ring (bicyclic) bond motifs is 6. The van der Waals surface area contributed by atoms with Crippen molar-refractivity contribution in [2.24, 2.45) is 0 Å². The summed E-state index contributed by atoms with van der Waals surface area (Å²) in [5.74, 6) is 0. The molecule has 0 radical (unpaired) electrons. The highest BCUT2D eigenvalue weighted by Gasteiger charge is 2.45. The van der Waals surface area contributed by atoms with Crippen molar-refractivity contribution < 1.29 is 4.42 Å². The van der Waals surface area contributed by atoms with E-state index in [0.717, 1.165) is 50.1 Å². The molecule has 0 aliphatic heterocycles. The molecule has 10 aromatic carbocycles. The third-order valence-corrected chi connectivity index (χ3v) is 13.0. The third kappa shape index (κ3) is 6.10. The minimum absolute atomic E-state index is 0.469. The van der Waals surface area contributed by atoms with Crippen LogP contribution in [0.5, 0.6) is 0 Å². The molecule has 12 rings (SSSR count). The lowest BCUT2D eigenvalue weighted by Gasteiger charge is -2.34. The van der Waals surface area contributed by atoms with E-state index < -0.39 is 5.41 Å². The van der Waals surface area contributed by atoms with Crippen molar-refractivity contribution in [3.05, 3.63) is 271 Å². The van der Waals surface area contributed by atoms with Crippen molar-refractivity contribution in [2.75, 3.05) is 4.90 Å². The average Bonchev–Trinajstić information content (AvgIpc) is 3.89. The van der Waals surface area contributed by atoms with Crippen LogP contribution < -0.4 is 4.90 Å². The van der Waals surface area contributed by atoms with E-state index in [0.29, 0.717) is 0 Å². The van der Waals surface area contributed by atoms with Gasteiger partial charge in [0.2, 0.25) is 0 Å². The zero-order chi connectivity index (χ0) is 41.7. The van der Waals surface area contributed by atoms with Gasteiger partial charge in [-0.05, 0) is 127 Å². The van der Waals surface area contributed by atoms with Crippen LogP contribution in [0.4, 0.5) is 17.1 Å². The highest BCUT2D eigenvalue weighted by atomic mass is 16.3. The number of benzene rings is 10. The van der Waals surface area contributed by atoms with Crippen molar-refractivity contribution in [3.8, 4) is 44.5 Å². The van der Waals surface area contributed by atoms with Crippen molar-refractivity contribution in [1.82, 2.24) is 0 Å². The number of anilines is 3. The standard InChI is InChI=1S/C61H41NO/c1-3-15-42(16-4-1)44-17-13-18-45(39-44)43-29-34-50(35-30-43)62(52-22-14-19-46(40-52)47-31-38-60-56(41-47)55-25-9-12-28-59(55)63-60)51-36-32-49(33-37-51)61(48-20-5-2-6-21-48)57-26-10-7-23-53(57)54-24-8-11-27-58(54)61/h1-41H. The van der Waals surface area contributed by atoms with Crippen LogP contribution in [0.2, 0.25) is 0 Å². The van der Waals surface area contributed by atoms with E-state index in [1.54, 1.807) is 0 Å². The topological polar surface area (TPSA) is 16.4 Å². The molecule has 0 unspecified atom stereocenters. The van der Waals surface area contributed by atoms with Gasteiger partial charge in [-0.15, -0.1) is 0 Å². The molecule has 2 heteroatoms. The van der Waals surface area contributed by atoms with Crippen molar-refractivity contribution in [1.29, 1.82) is 0 Å². The zero-order valence-electron chi connectivity index (χ0n) is 34.5. The number of hydrogen-bond donors (Lipinski definition) is 0. The summed E-state index contributed by atoms with van der Waals surface area (Å²) in [6.45, 7) is 0. The fraction of sp³-hybridized carbons (Fsp3) is 0.0164. The molecule has 296 valence electrons. The average molecular weight is 804 g/mol. The summed E-state index contributed by atoms with van der Waals surface area (Å²) in [5.41, 5.74) is 19.3. The molecule has 0 atom stereocenters. The number of nitrogens with zero attached hydrogens (tertiary/aromatic N) is 1. The molecule has 0 bridgehead atoms. The van der Waals surface area contributed by atoms with Gasteiger partial charge in [-0.25, -0.2) is 0 Å². The molecule has 0 N–H and O–H groups in total. The van der Waals surface area contributed by atoms with Crippen molar-refractivity contribution in [3.63, 3.8) is 0 Å². The fourth-order valence-electron chi connectivity index (χ4n) is 10.1. The first-order valence-corrected chi connectivity index (χ1v) is 21.7. The molecule has 0 saturated carbocycles. The Morgan fingerprint density at radius 1 is 0.286 bits per heavy atom. The van der Waals surface area contributed by atoms with Crippen LogP contribution in [0.3, 0.4) is 0 Å². The predicted octanol–water partition coefficient (Wildman–Crippen LogP) is 16.4. The Bertz CT molecular complexity index is 3390. The van der Waals surface area contributed by atoms with Gasteiger partial charge < -0.3 is 9.32 Å². The third-order valence-electron chi connectivity index (χ3n) is 13.0. The van der Waals surface area contributed by atoms with E-state index in [2.05, 4.69) is 241 Å². The van der Waals surface area contributed by atoms with Gasteiger partial charge in [0.15, 0.2) is 0 Å². The Morgan fingerprint density at radius 2 is 0.762 bits per heavy atom. The second-order valence-corrected chi connectivity index (χ2v) is 16.4. The highest BCUT2D eigenvalue weighted by Crippen LogP contribution is 2.56. The summed E-state index contributed by atoms with van der Waals surface area (Å²) in [6, 6.07) is 90.3. The zero-order valence-corrected chi connectivity index (χ0v) is 34.5. The second kappa shape index (κ2) is 15.1. The maximum atomic E-state index is 6.20. The first-order chi connectivity index (χ1) is 31.2. The van der Waals surface area contributed by atoms with E-state index in [1.165, 1.54) is 55.6 Å². The van der Waals surface area contributed by atoms with E-state index >= 15 is 0 Å². The van der Waals surface area contributed by atoms with Crippen LogP contribution in [0.1, 0.15) is 22.3 Å². The van der Waals surface area contributed by atoms with Gasteiger partial charge in [-0.2, -0.15) is 0 Å². The van der Waals surface area contributed by atoms with Gasteiger partial charge in [0, 0.05) is 27.8 Å². The fourth-order valence-corrected chi connectivity index (χ4v) is 10.1. The molecule has 2 nitrogen and oxygen atoms in total. The van der Waals surface area contributed by atoms with Crippen LogP contribution in [-0.4, -0.2) is 0 Å². The summed E-state index contributed by atoms with van der Waals surface area (Å²) in [5, 5.41) is 2.25. The summed E-state index contributed by atoms with van der Waals surface area (Å²) in [7, 11) is 0. The number of hydrogen-bond acceptors (Lipinski definition) is 2. The molecule has 0 saturated heterocycles. The van der Waals surface area contributed by atoms with Crippen LogP contribution >= 0.6 is 0 Å². The molecule has 1 heterocycles. The smallest absolute Gasteiger partial charge is 0.135 e. The van der Waals surface area contributed by atoms with Crippen LogP contribution in [0, 0.1) is 0 Å². The lowest BCUT2D eigenvalue weighted by atomic mass is 9.68. The molecule has 1 aliphatic carbocycles. The van der Waals surface area contributed by atoms with Gasteiger partial charge in [-0.1, -0.05) is 188 Å². The van der Waals surface area contributed by atoms with Gasteiger partial charge >= 0.3 is 0 Å². The minimum atomic E-state index is -0.469. The Balaban J connectivity index is 0.992. The SMILES string of the molecule is c1ccc(-c2cccc(-c3ccc(N(c4ccc(C5(c6ccccc6)c6ccccc6-c6ccccc65)cc4)c4cccc(-c5ccc6oc7ccccc7c6c5)c4)cc3)c2)cc1. The van der Waals surface area contributed by atoms with Crippen LogP contribution in [0.25, 0.3) is 66.4 Å². The number of furan rings is 1. The first kappa shape index (κ1) is 36.6. The van der Waals surface area contributed by atoms with Crippen molar-refractivity contribution >= 4 is 39.0 Å². The van der Waals surface area contributed by atoms with E-state index in [-0.39, 0.29) is 0 Å². The molecule has 63 heavy (non-hydrogen) atoms. The summed E-state index contributed by atoms with van der Waals surface area (Å²) >= 11 is 0. The highest BCUT2D eigenvalue weighted by molar-refractivity contribution is 6.06. The quantitative estimate of drug-likeness (QED) is 0.152. The molecule has 0 fully saturated rings. The number of rotatable bonds is 8. The maximum Gasteiger partial charge on any atom is 0.135 e. The first-order valence-electron chi connectivity index (χ1n) is 21.7. The maximum absolute atomic E-state index is 6.20. The van der Waals surface area contributed by atoms with E-state index in [4.69, 9.17) is 4.42 Å². The largest absolute Gasteiger partial charge is 0.456 e. The van der Waals surface area contributed by atoms with E-state index in [9.17, 15) is 0 Å². The summed E-state index contributed by atoms with van der Waals surface area (Å²) < 4.78 is 6.20. The lowest BCUT2D eigenvalue weighted by molar-refractivity contribution is 0.669. The second-order valence-electron chi connectivity index (χ2n) is 16.4. The molecular formula is C61H41NO. The summed E-state index contributed by atoms with van der Waals surface area (Å²) in [4.78, 5) is 2.38. The molecule has 0 spiro atoms. The monoisotopic (exact) mass is 803 g/mol. The molecule has 1 aromatic heterocycles. The Hall–Kier alpha value is -8.20. The normalized spacial score (nSPS) is 12.6. The van der Waals surface area contributed by atoms with Gasteiger partial charge in [0.05, 0.1) is 5.41 Å². The molecule has 11 aromatic rings. The Kier molecular flexibility index (Phi) is 8.76. The molecule has 0 amide bonds. The van der Waals surface area contributed by atoms with Crippen molar-refractivity contribution in [2.45, 2.75) is 5.41 Å². The van der Waals surface area contributed by atoms with Crippen LogP contribution in [0.15, 0.2) is 253 Å². The van der Waals surface area contributed by atoms with E-state index in [1.807, 2.05) is 12.1 Å². The van der Waals surface area contributed by atoms with Gasteiger partial charge in [0.25, 0.3) is 0 Å². The van der Waals surface area contributed by atoms with Gasteiger partial charge in [-0.3, -0.25) is 0 Å². The lowest BCUT2D eigenvalue weighted by Crippen LogP contribution is -2.28. The molecule has 1 aliphatic rings. The minimum Gasteiger partial charge on any atom is -0.456 e.